The van der Waals surface area contributed by atoms with E-state index in [0.29, 0.717) is 28.2 Å². The van der Waals surface area contributed by atoms with E-state index in [0.717, 1.165) is 0 Å². The molecule has 0 atom stereocenters. The first-order valence-electron chi connectivity index (χ1n) is 8.55. The van der Waals surface area contributed by atoms with Crippen LogP contribution in [0.5, 0.6) is 5.75 Å². The van der Waals surface area contributed by atoms with Gasteiger partial charge in [-0.15, -0.1) is 10.2 Å². The third-order valence-corrected chi connectivity index (χ3v) is 5.08. The molecule has 0 aliphatic rings. The average molecular weight is 421 g/mol. The first kappa shape index (κ1) is 20.2. The molecule has 0 aliphatic carbocycles. The maximum Gasteiger partial charge on any atom is 0.234 e. The molecule has 0 unspecified atom stereocenters. The van der Waals surface area contributed by atoms with Crippen LogP contribution in [0.3, 0.4) is 0 Å². The monoisotopic (exact) mass is 420 g/mol. The highest BCUT2D eigenvalue weighted by Gasteiger charge is 2.15. The Balaban J connectivity index is 1.59. The fraction of sp³-hybridized carbons (Fsp3) is 0.211. The van der Waals surface area contributed by atoms with Crippen molar-refractivity contribution in [2.75, 3.05) is 11.1 Å². The largest absolute Gasteiger partial charge is 0.483 e. The summed E-state index contributed by atoms with van der Waals surface area (Å²) >= 11 is 7.30. The number of amides is 1. The molecule has 3 rings (SSSR count). The second-order valence-electron chi connectivity index (χ2n) is 5.68. The van der Waals surface area contributed by atoms with Gasteiger partial charge in [0.1, 0.15) is 6.61 Å². The number of nitrogens with one attached hydrogen (secondary N) is 1. The quantitative estimate of drug-likeness (QED) is 0.547. The summed E-state index contributed by atoms with van der Waals surface area (Å²) in [6.45, 7) is 2.61. The number of ether oxygens (including phenoxy) is 1. The number of halogens is 2. The number of para-hydroxylation sites is 2. The highest BCUT2D eigenvalue weighted by Crippen LogP contribution is 2.23. The van der Waals surface area contributed by atoms with E-state index in [1.807, 2.05) is 11.5 Å². The van der Waals surface area contributed by atoms with Crippen LogP contribution in [-0.2, 0) is 17.9 Å². The highest BCUT2D eigenvalue weighted by molar-refractivity contribution is 7.99. The number of benzene rings is 2. The predicted octanol–water partition coefficient (Wildman–Crippen LogP) is 4.40. The zero-order valence-corrected chi connectivity index (χ0v) is 16.6. The molecular weight excluding hydrogens is 403 g/mol. The van der Waals surface area contributed by atoms with Gasteiger partial charge in [0.05, 0.1) is 16.5 Å². The van der Waals surface area contributed by atoms with E-state index in [-0.39, 0.29) is 24.0 Å². The SMILES string of the molecule is CCn1c(COc2ccccc2F)nnc1SCC(=O)Nc1ccccc1Cl. The Morgan fingerprint density at radius 3 is 2.71 bits per heavy atom. The Labute approximate surface area is 171 Å². The minimum absolute atomic E-state index is 0.0775. The maximum absolute atomic E-state index is 13.7. The van der Waals surface area contributed by atoms with Gasteiger partial charge < -0.3 is 14.6 Å². The van der Waals surface area contributed by atoms with Crippen LogP contribution in [0.15, 0.2) is 53.7 Å². The molecule has 2 aromatic carbocycles. The number of rotatable bonds is 8. The minimum Gasteiger partial charge on any atom is -0.483 e. The van der Waals surface area contributed by atoms with Crippen LogP contribution in [0, 0.1) is 5.82 Å². The van der Waals surface area contributed by atoms with Crippen LogP contribution in [0.2, 0.25) is 5.02 Å². The van der Waals surface area contributed by atoms with E-state index >= 15 is 0 Å². The number of hydrogen-bond donors (Lipinski definition) is 1. The zero-order valence-electron chi connectivity index (χ0n) is 15.1. The molecule has 0 saturated carbocycles. The van der Waals surface area contributed by atoms with Crippen LogP contribution in [0.25, 0.3) is 0 Å². The van der Waals surface area contributed by atoms with Crippen molar-refractivity contribution in [1.82, 2.24) is 14.8 Å². The minimum atomic E-state index is -0.434. The van der Waals surface area contributed by atoms with Gasteiger partial charge in [0.2, 0.25) is 5.91 Å². The number of thioether (sulfide) groups is 1. The molecule has 1 N–H and O–H groups in total. The smallest absolute Gasteiger partial charge is 0.234 e. The third kappa shape index (κ3) is 5.02. The van der Waals surface area contributed by atoms with Crippen molar-refractivity contribution in [3.8, 4) is 5.75 Å². The molecule has 0 saturated heterocycles. The molecule has 1 heterocycles. The third-order valence-electron chi connectivity index (χ3n) is 3.78. The summed E-state index contributed by atoms with van der Waals surface area (Å²) in [5.74, 6) is 0.224. The lowest BCUT2D eigenvalue weighted by Gasteiger charge is -2.09. The number of carbonyl (C=O) groups excluding carboxylic acids is 1. The van der Waals surface area contributed by atoms with Crippen molar-refractivity contribution in [1.29, 1.82) is 0 Å². The van der Waals surface area contributed by atoms with E-state index < -0.39 is 5.82 Å². The normalized spacial score (nSPS) is 10.7. The molecule has 0 fully saturated rings. The van der Waals surface area contributed by atoms with E-state index in [1.54, 1.807) is 42.5 Å². The summed E-state index contributed by atoms with van der Waals surface area (Å²) in [5.41, 5.74) is 0.561. The summed E-state index contributed by atoms with van der Waals surface area (Å²) in [7, 11) is 0. The van der Waals surface area contributed by atoms with Crippen LogP contribution in [-0.4, -0.2) is 26.4 Å². The first-order valence-corrected chi connectivity index (χ1v) is 9.91. The standard InChI is InChI=1S/C19H18ClFN4O2S/c1-2-25-17(11-27-16-10-6-4-8-14(16)21)23-24-19(25)28-12-18(26)22-15-9-5-3-7-13(15)20/h3-10H,2,11-12H2,1H3,(H,22,26). The van der Waals surface area contributed by atoms with Crippen molar-refractivity contribution in [2.45, 2.75) is 25.2 Å². The van der Waals surface area contributed by atoms with E-state index in [1.165, 1.54) is 17.8 Å². The Morgan fingerprint density at radius 1 is 1.21 bits per heavy atom. The van der Waals surface area contributed by atoms with Gasteiger partial charge in [0.15, 0.2) is 22.5 Å². The fourth-order valence-corrected chi connectivity index (χ4v) is 3.44. The molecule has 0 spiro atoms. The van der Waals surface area contributed by atoms with Gasteiger partial charge in [-0.25, -0.2) is 4.39 Å². The summed E-state index contributed by atoms with van der Waals surface area (Å²) in [6.07, 6.45) is 0. The van der Waals surface area contributed by atoms with E-state index in [4.69, 9.17) is 16.3 Å². The van der Waals surface area contributed by atoms with E-state index in [2.05, 4.69) is 15.5 Å². The van der Waals surface area contributed by atoms with Crippen molar-refractivity contribution in [3.05, 3.63) is 65.2 Å². The molecule has 1 aromatic heterocycles. The summed E-state index contributed by atoms with van der Waals surface area (Å²) in [6, 6.07) is 13.2. The molecule has 9 heteroatoms. The molecule has 28 heavy (non-hydrogen) atoms. The second kappa shape index (κ2) is 9.57. The number of anilines is 1. The molecule has 1 amide bonds. The highest BCUT2D eigenvalue weighted by atomic mass is 35.5. The molecular formula is C19H18ClFN4O2S. The van der Waals surface area contributed by atoms with E-state index in [9.17, 15) is 9.18 Å². The van der Waals surface area contributed by atoms with Gasteiger partial charge in [-0.05, 0) is 31.2 Å². The molecule has 0 bridgehead atoms. The van der Waals surface area contributed by atoms with Crippen molar-refractivity contribution in [2.24, 2.45) is 0 Å². The number of hydrogen-bond acceptors (Lipinski definition) is 5. The Hall–Kier alpha value is -2.58. The lowest BCUT2D eigenvalue weighted by atomic mass is 10.3. The van der Waals surface area contributed by atoms with Crippen LogP contribution >= 0.6 is 23.4 Å². The number of aromatic nitrogens is 3. The molecule has 146 valence electrons. The molecule has 6 nitrogen and oxygen atoms in total. The molecule has 0 aliphatic heterocycles. The van der Waals surface area contributed by atoms with Gasteiger partial charge in [-0.2, -0.15) is 0 Å². The lowest BCUT2D eigenvalue weighted by molar-refractivity contribution is -0.113. The topological polar surface area (TPSA) is 69.0 Å². The second-order valence-corrected chi connectivity index (χ2v) is 7.03. The summed E-state index contributed by atoms with van der Waals surface area (Å²) < 4.78 is 21.0. The van der Waals surface area contributed by atoms with Gasteiger partial charge in [-0.1, -0.05) is 47.6 Å². The Kier molecular flexibility index (Phi) is 6.89. The number of carbonyl (C=O) groups is 1. The fourth-order valence-electron chi connectivity index (χ4n) is 2.43. The lowest BCUT2D eigenvalue weighted by Crippen LogP contribution is -2.15. The average Bonchev–Trinajstić information content (AvgIpc) is 3.09. The van der Waals surface area contributed by atoms with Gasteiger partial charge in [-0.3, -0.25) is 4.79 Å². The van der Waals surface area contributed by atoms with Crippen LogP contribution < -0.4 is 10.1 Å². The molecule has 3 aromatic rings. The Morgan fingerprint density at radius 2 is 1.96 bits per heavy atom. The van der Waals surface area contributed by atoms with Gasteiger partial charge in [0.25, 0.3) is 0 Å². The predicted molar refractivity (Wildman–Crippen MR) is 107 cm³/mol. The summed E-state index contributed by atoms with van der Waals surface area (Å²) in [5, 5.41) is 12.0. The van der Waals surface area contributed by atoms with Crippen molar-refractivity contribution < 1.29 is 13.9 Å². The Bertz CT molecular complexity index is 967. The maximum atomic E-state index is 13.7. The van der Waals surface area contributed by atoms with Crippen LogP contribution in [0.4, 0.5) is 10.1 Å². The molecule has 0 radical (unpaired) electrons. The zero-order chi connectivity index (χ0) is 19.9. The van der Waals surface area contributed by atoms with Crippen LogP contribution in [0.1, 0.15) is 12.7 Å². The van der Waals surface area contributed by atoms with Gasteiger partial charge in [0, 0.05) is 6.54 Å². The van der Waals surface area contributed by atoms with Crippen molar-refractivity contribution in [3.63, 3.8) is 0 Å². The first-order chi connectivity index (χ1) is 13.6. The summed E-state index contributed by atoms with van der Waals surface area (Å²) in [4.78, 5) is 12.2. The number of nitrogens with zero attached hydrogens (tertiary/aromatic N) is 3. The van der Waals surface area contributed by atoms with Crippen molar-refractivity contribution >= 4 is 35.0 Å². The van der Waals surface area contributed by atoms with Gasteiger partial charge >= 0.3 is 0 Å².